The second-order valence-corrected chi connectivity index (χ2v) is 6.37. The number of imidazole rings is 1. The fourth-order valence-corrected chi connectivity index (χ4v) is 2.51. The molecule has 1 aromatic rings. The molecule has 6 nitrogen and oxygen atoms in total. The summed E-state index contributed by atoms with van der Waals surface area (Å²) >= 11 is 0. The predicted octanol–water partition coefficient (Wildman–Crippen LogP) is 1.84. The van der Waals surface area contributed by atoms with Gasteiger partial charge in [-0.25, -0.2) is 18.1 Å². The summed E-state index contributed by atoms with van der Waals surface area (Å²) in [6.45, 7) is 0. The van der Waals surface area contributed by atoms with Crippen LogP contribution in [0.3, 0.4) is 0 Å². The summed E-state index contributed by atoms with van der Waals surface area (Å²) in [5, 5.41) is 0. The molecule has 0 spiro atoms. The molecule has 1 amide bonds. The number of hydrogen-bond acceptors (Lipinski definition) is 4. The maximum atomic E-state index is 12.4. The monoisotopic (exact) mass is 367 g/mol. The van der Waals surface area contributed by atoms with E-state index in [9.17, 15) is 39.6 Å². The van der Waals surface area contributed by atoms with Crippen LogP contribution in [0, 0.1) is 0 Å². The first-order valence-corrected chi connectivity index (χ1v) is 7.58. The lowest BCUT2D eigenvalue weighted by Gasteiger charge is -2.08. The number of nitrogens with one attached hydrogen (secondary N) is 1. The molecule has 13 heteroatoms. The summed E-state index contributed by atoms with van der Waals surface area (Å²) in [5.74, 6) is -3.30. The molecule has 132 valence electrons. The fourth-order valence-electron chi connectivity index (χ4n) is 1.51. The van der Waals surface area contributed by atoms with Crippen molar-refractivity contribution in [2.75, 3.05) is 5.75 Å². The van der Waals surface area contributed by atoms with Gasteiger partial charge < -0.3 is 4.57 Å². The zero-order valence-electron chi connectivity index (χ0n) is 11.5. The third-order valence-electron chi connectivity index (χ3n) is 2.49. The number of rotatable bonds is 5. The highest BCUT2D eigenvalue weighted by Crippen LogP contribution is 2.28. The molecule has 0 aliphatic carbocycles. The minimum atomic E-state index is -4.83. The molecule has 0 aliphatic rings. The van der Waals surface area contributed by atoms with Gasteiger partial charge in [-0.3, -0.25) is 4.79 Å². The van der Waals surface area contributed by atoms with Gasteiger partial charge in [-0.05, 0) is 6.42 Å². The van der Waals surface area contributed by atoms with Crippen LogP contribution in [0.4, 0.5) is 26.3 Å². The molecule has 0 bridgehead atoms. The number of halogens is 6. The quantitative estimate of drug-likeness (QED) is 0.806. The predicted molar refractivity (Wildman–Crippen MR) is 64.8 cm³/mol. The Kier molecular flexibility index (Phi) is 5.34. The molecule has 0 aliphatic heterocycles. The van der Waals surface area contributed by atoms with Gasteiger partial charge in [0.25, 0.3) is 0 Å². The van der Waals surface area contributed by atoms with E-state index in [1.807, 2.05) is 0 Å². The second kappa shape index (κ2) is 6.37. The first-order valence-electron chi connectivity index (χ1n) is 5.93. The average Bonchev–Trinajstić information content (AvgIpc) is 2.68. The van der Waals surface area contributed by atoms with Crippen molar-refractivity contribution in [3.8, 4) is 0 Å². The molecule has 0 radical (unpaired) electrons. The van der Waals surface area contributed by atoms with E-state index in [0.717, 1.165) is 7.05 Å². The first kappa shape index (κ1) is 19.3. The highest BCUT2D eigenvalue weighted by Gasteiger charge is 2.36. The Labute approximate surface area is 126 Å². The van der Waals surface area contributed by atoms with Crippen LogP contribution in [0.15, 0.2) is 6.20 Å². The van der Waals surface area contributed by atoms with Gasteiger partial charge in [-0.15, -0.1) is 0 Å². The zero-order valence-corrected chi connectivity index (χ0v) is 12.3. The van der Waals surface area contributed by atoms with Crippen molar-refractivity contribution in [2.45, 2.75) is 25.2 Å². The number of aryl methyl sites for hydroxylation is 1. The molecule has 1 N–H and O–H groups in total. The topological polar surface area (TPSA) is 81.1 Å². The Hall–Kier alpha value is -1.79. The average molecular weight is 367 g/mol. The number of amides is 1. The summed E-state index contributed by atoms with van der Waals surface area (Å²) in [6, 6.07) is 0. The van der Waals surface area contributed by atoms with Crippen molar-refractivity contribution in [1.29, 1.82) is 0 Å². The molecular formula is C10H11F6N3O3S. The smallest absolute Gasteiger partial charge is 0.329 e. The highest BCUT2D eigenvalue weighted by molar-refractivity contribution is 7.90. The minimum absolute atomic E-state index is 0.477. The van der Waals surface area contributed by atoms with Gasteiger partial charge in [-0.2, -0.15) is 26.3 Å². The summed E-state index contributed by atoms with van der Waals surface area (Å²) in [6.07, 6.45) is -11.1. The lowest BCUT2D eigenvalue weighted by molar-refractivity contribution is -0.141. The lowest BCUT2D eigenvalue weighted by atomic mass is 10.3. The van der Waals surface area contributed by atoms with E-state index in [1.165, 1.54) is 4.72 Å². The van der Waals surface area contributed by atoms with Crippen molar-refractivity contribution in [3.05, 3.63) is 17.7 Å². The van der Waals surface area contributed by atoms with Gasteiger partial charge in [0.2, 0.25) is 10.0 Å². The van der Waals surface area contributed by atoms with Crippen LogP contribution >= 0.6 is 0 Å². The number of carbonyl (C=O) groups excluding carboxylic acids is 1. The summed E-state index contributed by atoms with van der Waals surface area (Å²) in [7, 11) is -3.39. The largest absolute Gasteiger partial charge is 0.434 e. The first-order chi connectivity index (χ1) is 10.2. The van der Waals surface area contributed by atoms with Gasteiger partial charge in [0.15, 0.2) is 11.5 Å². The maximum Gasteiger partial charge on any atom is 0.434 e. The Balaban J connectivity index is 2.77. The normalized spacial score (nSPS) is 13.2. The van der Waals surface area contributed by atoms with Crippen molar-refractivity contribution in [3.63, 3.8) is 0 Å². The van der Waals surface area contributed by atoms with E-state index in [-0.39, 0.29) is 0 Å². The van der Waals surface area contributed by atoms with Gasteiger partial charge in [0.1, 0.15) is 0 Å². The number of aromatic nitrogens is 2. The molecular weight excluding hydrogens is 356 g/mol. The number of carbonyl (C=O) groups is 1. The zero-order chi connectivity index (χ0) is 18.1. The second-order valence-electron chi connectivity index (χ2n) is 4.53. The van der Waals surface area contributed by atoms with Gasteiger partial charge in [0, 0.05) is 19.7 Å². The van der Waals surface area contributed by atoms with E-state index < -0.39 is 58.4 Å². The van der Waals surface area contributed by atoms with Gasteiger partial charge in [-0.1, -0.05) is 0 Å². The standard InChI is InChI=1S/C10H11F6N3O3S/c1-19-5-6(10(14,15)16)17-7(19)8(20)18-23(21,22)4-2-3-9(11,12)13/h5H,2-4H2,1H3,(H,18,20). The summed E-state index contributed by atoms with van der Waals surface area (Å²) in [5.41, 5.74) is -1.40. The number of hydrogen-bond donors (Lipinski definition) is 1. The van der Waals surface area contributed by atoms with Crippen LogP contribution in [-0.2, 0) is 23.2 Å². The van der Waals surface area contributed by atoms with Crippen LogP contribution in [0.25, 0.3) is 0 Å². The Bertz CT molecular complexity index is 677. The number of sulfonamides is 1. The molecule has 1 rings (SSSR count). The Morgan fingerprint density at radius 1 is 1.26 bits per heavy atom. The maximum absolute atomic E-state index is 12.4. The van der Waals surface area contributed by atoms with E-state index in [1.54, 1.807) is 0 Å². The third kappa shape index (κ3) is 6.08. The van der Waals surface area contributed by atoms with E-state index in [0.29, 0.717) is 10.8 Å². The molecule has 0 fully saturated rings. The van der Waals surface area contributed by atoms with Crippen LogP contribution in [-0.4, -0.2) is 35.8 Å². The van der Waals surface area contributed by atoms with Crippen molar-refractivity contribution < 1.29 is 39.6 Å². The lowest BCUT2D eigenvalue weighted by Crippen LogP contribution is -2.34. The molecule has 0 aromatic carbocycles. The van der Waals surface area contributed by atoms with E-state index >= 15 is 0 Å². The fraction of sp³-hybridized carbons (Fsp3) is 0.600. The SMILES string of the molecule is Cn1cc(C(F)(F)F)nc1C(=O)NS(=O)(=O)CCCC(F)(F)F. The third-order valence-corrected chi connectivity index (χ3v) is 3.81. The van der Waals surface area contributed by atoms with E-state index in [4.69, 9.17) is 0 Å². The summed E-state index contributed by atoms with van der Waals surface area (Å²) < 4.78 is 98.0. The van der Waals surface area contributed by atoms with Gasteiger partial charge in [0.05, 0.1) is 5.75 Å². The molecule has 0 saturated heterocycles. The molecule has 1 heterocycles. The van der Waals surface area contributed by atoms with Crippen LogP contribution in [0.5, 0.6) is 0 Å². The molecule has 23 heavy (non-hydrogen) atoms. The number of alkyl halides is 6. The van der Waals surface area contributed by atoms with Crippen molar-refractivity contribution >= 4 is 15.9 Å². The minimum Gasteiger partial charge on any atom is -0.329 e. The van der Waals surface area contributed by atoms with Crippen LogP contribution < -0.4 is 4.72 Å². The van der Waals surface area contributed by atoms with Gasteiger partial charge >= 0.3 is 18.3 Å². The molecule has 0 unspecified atom stereocenters. The van der Waals surface area contributed by atoms with Crippen LogP contribution in [0.2, 0.25) is 0 Å². The van der Waals surface area contributed by atoms with E-state index in [2.05, 4.69) is 4.98 Å². The number of nitrogens with zero attached hydrogens (tertiary/aromatic N) is 2. The van der Waals surface area contributed by atoms with Crippen molar-refractivity contribution in [1.82, 2.24) is 14.3 Å². The Morgan fingerprint density at radius 3 is 2.26 bits per heavy atom. The van der Waals surface area contributed by atoms with Crippen LogP contribution in [0.1, 0.15) is 29.2 Å². The molecule has 0 saturated carbocycles. The Morgan fingerprint density at radius 2 is 1.83 bits per heavy atom. The molecule has 0 atom stereocenters. The molecule has 1 aromatic heterocycles. The summed E-state index contributed by atoms with van der Waals surface area (Å²) in [4.78, 5) is 14.6. The highest BCUT2D eigenvalue weighted by atomic mass is 32.2. The van der Waals surface area contributed by atoms with Crippen molar-refractivity contribution in [2.24, 2.45) is 7.05 Å².